The number of hydrogen-bond acceptors (Lipinski definition) is 3. The zero-order chi connectivity index (χ0) is 13.8. The molecule has 0 saturated carbocycles. The van der Waals surface area contributed by atoms with E-state index in [-0.39, 0.29) is 29.4 Å². The van der Waals surface area contributed by atoms with E-state index >= 15 is 0 Å². The molecule has 2 aromatic carbocycles. The Morgan fingerprint density at radius 1 is 1.11 bits per heavy atom. The van der Waals surface area contributed by atoms with Gasteiger partial charge in [-0.2, -0.15) is 0 Å². The van der Waals surface area contributed by atoms with Gasteiger partial charge in [0.1, 0.15) is 17.3 Å². The van der Waals surface area contributed by atoms with Crippen molar-refractivity contribution in [3.8, 4) is 11.5 Å². The van der Waals surface area contributed by atoms with Gasteiger partial charge < -0.3 is 15.5 Å². The summed E-state index contributed by atoms with van der Waals surface area (Å²) in [6.45, 7) is 0.222. The highest BCUT2D eigenvalue weighted by molar-refractivity contribution is 5.96. The van der Waals surface area contributed by atoms with Crippen LogP contribution in [0.1, 0.15) is 15.9 Å². The fraction of sp³-hybridized carbons (Fsp3) is 0.0714. The molecule has 3 N–H and O–H groups in total. The Hall–Kier alpha value is -2.56. The van der Waals surface area contributed by atoms with E-state index in [1.165, 1.54) is 24.3 Å². The molecule has 0 fully saturated rings. The minimum atomic E-state index is -0.471. The van der Waals surface area contributed by atoms with Crippen LogP contribution in [0.3, 0.4) is 0 Å². The molecule has 1 amide bonds. The molecule has 0 spiro atoms. The largest absolute Gasteiger partial charge is 0.508 e. The third kappa shape index (κ3) is 3.22. The normalized spacial score (nSPS) is 10.2. The van der Waals surface area contributed by atoms with Crippen molar-refractivity contribution in [3.05, 3.63) is 59.4 Å². The predicted octanol–water partition coefficient (Wildman–Crippen LogP) is 2.17. The first kappa shape index (κ1) is 12.9. The van der Waals surface area contributed by atoms with E-state index in [2.05, 4.69) is 5.32 Å². The van der Waals surface area contributed by atoms with Gasteiger partial charge in [0.25, 0.3) is 5.91 Å². The first-order chi connectivity index (χ1) is 9.06. The summed E-state index contributed by atoms with van der Waals surface area (Å²) >= 11 is 0. The van der Waals surface area contributed by atoms with Gasteiger partial charge in [0, 0.05) is 12.6 Å². The highest BCUT2D eigenvalue weighted by atomic mass is 19.1. The standard InChI is InChI=1S/C14H12FNO3/c15-10-3-1-9(2-4-10)8-16-14(19)12-6-5-11(17)7-13(12)18/h1-7,17-18H,8H2,(H,16,19). The van der Waals surface area contributed by atoms with Gasteiger partial charge in [0.05, 0.1) is 5.56 Å². The number of carbonyl (C=O) groups is 1. The number of aromatic hydroxyl groups is 2. The Kier molecular flexibility index (Phi) is 3.66. The topological polar surface area (TPSA) is 69.6 Å². The second kappa shape index (κ2) is 5.39. The Morgan fingerprint density at radius 3 is 2.42 bits per heavy atom. The van der Waals surface area contributed by atoms with E-state index in [0.717, 1.165) is 11.6 Å². The van der Waals surface area contributed by atoms with Crippen LogP contribution in [0.15, 0.2) is 42.5 Å². The lowest BCUT2D eigenvalue weighted by Crippen LogP contribution is -2.22. The molecular weight excluding hydrogens is 249 g/mol. The molecule has 0 bridgehead atoms. The number of phenolic OH excluding ortho intramolecular Hbond substituents is 2. The zero-order valence-electron chi connectivity index (χ0n) is 9.93. The lowest BCUT2D eigenvalue weighted by Gasteiger charge is -2.07. The van der Waals surface area contributed by atoms with Crippen molar-refractivity contribution in [2.75, 3.05) is 0 Å². The number of phenols is 2. The SMILES string of the molecule is O=C(NCc1ccc(F)cc1)c1ccc(O)cc1O. The first-order valence-corrected chi connectivity index (χ1v) is 5.61. The van der Waals surface area contributed by atoms with Crippen LogP contribution in [0.25, 0.3) is 0 Å². The quantitative estimate of drug-likeness (QED) is 0.793. The van der Waals surface area contributed by atoms with E-state index in [0.29, 0.717) is 0 Å². The Bertz CT molecular complexity index is 596. The molecule has 0 aliphatic heterocycles. The van der Waals surface area contributed by atoms with Crippen molar-refractivity contribution in [2.45, 2.75) is 6.54 Å². The van der Waals surface area contributed by atoms with Crippen LogP contribution in [-0.4, -0.2) is 16.1 Å². The van der Waals surface area contributed by atoms with Crippen molar-refractivity contribution >= 4 is 5.91 Å². The number of halogens is 1. The monoisotopic (exact) mass is 261 g/mol. The molecule has 19 heavy (non-hydrogen) atoms. The Balaban J connectivity index is 2.03. The maximum Gasteiger partial charge on any atom is 0.255 e. The number of rotatable bonds is 3. The average Bonchev–Trinajstić information content (AvgIpc) is 2.37. The molecule has 0 atom stereocenters. The van der Waals surface area contributed by atoms with Crippen LogP contribution < -0.4 is 5.32 Å². The summed E-state index contributed by atoms with van der Waals surface area (Å²) in [5, 5.41) is 21.2. The number of benzene rings is 2. The van der Waals surface area contributed by atoms with Gasteiger partial charge in [0.2, 0.25) is 0 Å². The molecule has 0 saturated heterocycles. The molecule has 5 heteroatoms. The van der Waals surface area contributed by atoms with E-state index in [4.69, 9.17) is 5.11 Å². The van der Waals surface area contributed by atoms with Gasteiger partial charge in [-0.3, -0.25) is 4.79 Å². The molecular formula is C14H12FNO3. The highest BCUT2D eigenvalue weighted by Crippen LogP contribution is 2.22. The molecule has 98 valence electrons. The van der Waals surface area contributed by atoms with E-state index < -0.39 is 5.91 Å². The number of carbonyl (C=O) groups excluding carboxylic acids is 1. The van der Waals surface area contributed by atoms with Crippen LogP contribution in [0, 0.1) is 5.82 Å². The molecule has 0 aliphatic rings. The fourth-order valence-corrected chi connectivity index (χ4v) is 1.59. The van der Waals surface area contributed by atoms with Crippen molar-refractivity contribution in [3.63, 3.8) is 0 Å². The van der Waals surface area contributed by atoms with Gasteiger partial charge in [-0.15, -0.1) is 0 Å². The summed E-state index contributed by atoms with van der Waals surface area (Å²) in [5.41, 5.74) is 0.813. The molecule has 2 rings (SSSR count). The fourth-order valence-electron chi connectivity index (χ4n) is 1.59. The van der Waals surface area contributed by atoms with Crippen molar-refractivity contribution in [1.29, 1.82) is 0 Å². The average molecular weight is 261 g/mol. The summed E-state index contributed by atoms with van der Waals surface area (Å²) < 4.78 is 12.7. The maximum absolute atomic E-state index is 12.7. The van der Waals surface area contributed by atoms with Crippen LogP contribution in [0.2, 0.25) is 0 Å². The highest BCUT2D eigenvalue weighted by Gasteiger charge is 2.11. The summed E-state index contributed by atoms with van der Waals surface area (Å²) in [6, 6.07) is 9.46. The second-order valence-corrected chi connectivity index (χ2v) is 4.01. The second-order valence-electron chi connectivity index (χ2n) is 4.01. The minimum absolute atomic E-state index is 0.0694. The molecule has 0 aliphatic carbocycles. The zero-order valence-corrected chi connectivity index (χ0v) is 9.93. The molecule has 4 nitrogen and oxygen atoms in total. The maximum atomic E-state index is 12.7. The third-order valence-corrected chi connectivity index (χ3v) is 2.59. The van der Waals surface area contributed by atoms with Crippen molar-refractivity contribution < 1.29 is 19.4 Å². The lowest BCUT2D eigenvalue weighted by molar-refractivity contribution is 0.0948. The first-order valence-electron chi connectivity index (χ1n) is 5.61. The van der Waals surface area contributed by atoms with Gasteiger partial charge in [-0.1, -0.05) is 12.1 Å². The summed E-state index contributed by atoms with van der Waals surface area (Å²) in [4.78, 5) is 11.8. The van der Waals surface area contributed by atoms with Crippen LogP contribution >= 0.6 is 0 Å². The smallest absolute Gasteiger partial charge is 0.255 e. The Morgan fingerprint density at radius 2 is 1.79 bits per heavy atom. The summed E-state index contributed by atoms with van der Waals surface area (Å²) in [5.74, 6) is -1.22. The van der Waals surface area contributed by atoms with Crippen molar-refractivity contribution in [1.82, 2.24) is 5.32 Å². The molecule has 0 unspecified atom stereocenters. The molecule has 0 aromatic heterocycles. The van der Waals surface area contributed by atoms with E-state index in [9.17, 15) is 14.3 Å². The summed E-state index contributed by atoms with van der Waals surface area (Å²) in [7, 11) is 0. The molecule has 0 heterocycles. The van der Waals surface area contributed by atoms with E-state index in [1.807, 2.05) is 0 Å². The van der Waals surface area contributed by atoms with Gasteiger partial charge in [-0.25, -0.2) is 4.39 Å². The van der Waals surface area contributed by atoms with Crippen LogP contribution in [0.5, 0.6) is 11.5 Å². The van der Waals surface area contributed by atoms with Crippen molar-refractivity contribution in [2.24, 2.45) is 0 Å². The van der Waals surface area contributed by atoms with Crippen LogP contribution in [0.4, 0.5) is 4.39 Å². The Labute approximate surface area is 109 Å². The van der Waals surface area contributed by atoms with Gasteiger partial charge >= 0.3 is 0 Å². The number of hydrogen-bond donors (Lipinski definition) is 3. The third-order valence-electron chi connectivity index (χ3n) is 2.59. The molecule has 2 aromatic rings. The minimum Gasteiger partial charge on any atom is -0.508 e. The van der Waals surface area contributed by atoms with Gasteiger partial charge in [0.15, 0.2) is 0 Å². The molecule has 0 radical (unpaired) electrons. The number of nitrogens with one attached hydrogen (secondary N) is 1. The lowest BCUT2D eigenvalue weighted by atomic mass is 10.1. The number of amides is 1. The van der Waals surface area contributed by atoms with Crippen LogP contribution in [-0.2, 0) is 6.54 Å². The van der Waals surface area contributed by atoms with Gasteiger partial charge in [-0.05, 0) is 29.8 Å². The van der Waals surface area contributed by atoms with E-state index in [1.54, 1.807) is 12.1 Å². The summed E-state index contributed by atoms with van der Waals surface area (Å²) in [6.07, 6.45) is 0. The predicted molar refractivity (Wildman–Crippen MR) is 67.3 cm³/mol.